The molecule has 84 valence electrons. The van der Waals surface area contributed by atoms with E-state index in [1.807, 2.05) is 18.2 Å². The van der Waals surface area contributed by atoms with Crippen molar-refractivity contribution < 1.29 is 4.74 Å². The second kappa shape index (κ2) is 6.43. The van der Waals surface area contributed by atoms with Crippen LogP contribution in [-0.2, 0) is 4.74 Å². The Kier molecular flexibility index (Phi) is 5.15. The Labute approximate surface area is 91.8 Å². The lowest BCUT2D eigenvalue weighted by molar-refractivity contribution is 0.114. The van der Waals surface area contributed by atoms with E-state index in [0.29, 0.717) is 6.54 Å². The smallest absolute Gasteiger partial charge is 0.0867 e. The molecule has 0 spiro atoms. The van der Waals surface area contributed by atoms with Crippen molar-refractivity contribution >= 4 is 5.69 Å². The van der Waals surface area contributed by atoms with Crippen LogP contribution in [0.3, 0.4) is 0 Å². The minimum atomic E-state index is 0.102. The molecule has 0 saturated heterocycles. The summed E-state index contributed by atoms with van der Waals surface area (Å²) in [6.45, 7) is 4.49. The summed E-state index contributed by atoms with van der Waals surface area (Å²) in [5.41, 5.74) is 6.83. The van der Waals surface area contributed by atoms with Gasteiger partial charge in [0.15, 0.2) is 0 Å². The lowest BCUT2D eigenvalue weighted by Gasteiger charge is -2.27. The zero-order valence-corrected chi connectivity index (χ0v) is 9.52. The van der Waals surface area contributed by atoms with E-state index in [1.54, 1.807) is 7.11 Å². The van der Waals surface area contributed by atoms with E-state index in [1.165, 1.54) is 5.69 Å². The van der Waals surface area contributed by atoms with Gasteiger partial charge in [-0.3, -0.25) is 0 Å². The summed E-state index contributed by atoms with van der Waals surface area (Å²) in [7, 11) is 1.70. The van der Waals surface area contributed by atoms with Gasteiger partial charge < -0.3 is 15.4 Å². The summed E-state index contributed by atoms with van der Waals surface area (Å²) in [5, 5.41) is 0. The molecule has 0 radical (unpaired) electrons. The highest BCUT2D eigenvalue weighted by molar-refractivity contribution is 5.45. The minimum absolute atomic E-state index is 0.102. The number of hydrogen-bond acceptors (Lipinski definition) is 3. The third-order valence-electron chi connectivity index (χ3n) is 2.52. The molecule has 2 N–H and O–H groups in total. The fourth-order valence-corrected chi connectivity index (χ4v) is 1.55. The van der Waals surface area contributed by atoms with Gasteiger partial charge in [-0.2, -0.15) is 0 Å². The number of para-hydroxylation sites is 1. The quantitative estimate of drug-likeness (QED) is 0.769. The number of nitrogens with zero attached hydrogens (tertiary/aromatic N) is 1. The summed E-state index contributed by atoms with van der Waals surface area (Å²) in [6, 6.07) is 10.3. The molecule has 0 aliphatic rings. The molecule has 0 saturated carbocycles. The number of benzene rings is 1. The first-order valence-corrected chi connectivity index (χ1v) is 5.34. The van der Waals surface area contributed by atoms with Gasteiger partial charge in [0.1, 0.15) is 0 Å². The maximum Gasteiger partial charge on any atom is 0.0867 e. The first kappa shape index (κ1) is 12.0. The van der Waals surface area contributed by atoms with Crippen molar-refractivity contribution in [2.24, 2.45) is 5.73 Å². The van der Waals surface area contributed by atoms with Crippen molar-refractivity contribution in [1.29, 1.82) is 0 Å². The van der Waals surface area contributed by atoms with Crippen LogP contribution < -0.4 is 10.6 Å². The Morgan fingerprint density at radius 1 is 1.33 bits per heavy atom. The number of anilines is 1. The molecule has 1 unspecified atom stereocenters. The highest BCUT2D eigenvalue weighted by atomic mass is 16.5. The minimum Gasteiger partial charge on any atom is -0.378 e. The SMILES string of the molecule is CCN(CC(CN)OC)c1ccccc1. The van der Waals surface area contributed by atoms with Gasteiger partial charge in [0.25, 0.3) is 0 Å². The Balaban J connectivity index is 2.64. The summed E-state index contributed by atoms with van der Waals surface area (Å²) < 4.78 is 5.29. The molecular weight excluding hydrogens is 188 g/mol. The number of rotatable bonds is 6. The van der Waals surface area contributed by atoms with Gasteiger partial charge in [-0.15, -0.1) is 0 Å². The van der Waals surface area contributed by atoms with E-state index < -0.39 is 0 Å². The molecule has 3 heteroatoms. The van der Waals surface area contributed by atoms with Gasteiger partial charge in [0.2, 0.25) is 0 Å². The number of nitrogens with two attached hydrogens (primary N) is 1. The first-order valence-electron chi connectivity index (χ1n) is 5.34. The molecule has 1 aromatic carbocycles. The van der Waals surface area contributed by atoms with Crippen molar-refractivity contribution in [3.05, 3.63) is 30.3 Å². The molecule has 1 atom stereocenters. The standard InChI is InChI=1S/C12H20N2O/c1-3-14(10-12(9-13)15-2)11-7-5-4-6-8-11/h4-8,12H,3,9-10,13H2,1-2H3. The van der Waals surface area contributed by atoms with E-state index in [0.717, 1.165) is 13.1 Å². The normalized spacial score (nSPS) is 12.5. The molecule has 1 rings (SSSR count). The van der Waals surface area contributed by atoms with Gasteiger partial charge >= 0.3 is 0 Å². The van der Waals surface area contributed by atoms with Crippen LogP contribution in [0.25, 0.3) is 0 Å². The van der Waals surface area contributed by atoms with E-state index in [4.69, 9.17) is 10.5 Å². The van der Waals surface area contributed by atoms with Crippen LogP contribution in [0.15, 0.2) is 30.3 Å². The molecule has 0 amide bonds. The summed E-state index contributed by atoms with van der Waals surface area (Å²) >= 11 is 0. The highest BCUT2D eigenvalue weighted by Crippen LogP contribution is 2.13. The van der Waals surface area contributed by atoms with Crippen LogP contribution in [0.4, 0.5) is 5.69 Å². The summed E-state index contributed by atoms with van der Waals surface area (Å²) in [5.74, 6) is 0. The van der Waals surface area contributed by atoms with Gasteiger partial charge in [-0.1, -0.05) is 18.2 Å². The zero-order chi connectivity index (χ0) is 11.1. The van der Waals surface area contributed by atoms with Gasteiger partial charge in [0.05, 0.1) is 6.10 Å². The number of likely N-dealkylation sites (N-methyl/N-ethyl adjacent to an activating group) is 1. The van der Waals surface area contributed by atoms with Crippen molar-refractivity contribution in [3.8, 4) is 0 Å². The Bertz CT molecular complexity index is 260. The topological polar surface area (TPSA) is 38.5 Å². The Morgan fingerprint density at radius 3 is 2.47 bits per heavy atom. The summed E-state index contributed by atoms with van der Waals surface area (Å²) in [4.78, 5) is 2.26. The molecule has 0 fully saturated rings. The molecule has 0 heterocycles. The van der Waals surface area contributed by atoms with Crippen LogP contribution in [0, 0.1) is 0 Å². The van der Waals surface area contributed by atoms with Crippen molar-refractivity contribution in [1.82, 2.24) is 0 Å². The number of methoxy groups -OCH3 is 1. The second-order valence-electron chi connectivity index (χ2n) is 3.47. The number of ether oxygens (including phenoxy) is 1. The van der Waals surface area contributed by atoms with Crippen LogP contribution in [-0.4, -0.2) is 32.8 Å². The van der Waals surface area contributed by atoms with Crippen LogP contribution in [0.2, 0.25) is 0 Å². The third-order valence-corrected chi connectivity index (χ3v) is 2.52. The van der Waals surface area contributed by atoms with Crippen molar-refractivity contribution in [2.45, 2.75) is 13.0 Å². The predicted molar refractivity (Wildman–Crippen MR) is 64.2 cm³/mol. The molecule has 15 heavy (non-hydrogen) atoms. The van der Waals surface area contributed by atoms with Gasteiger partial charge in [-0.25, -0.2) is 0 Å². The average molecular weight is 208 g/mol. The Morgan fingerprint density at radius 2 is 2.00 bits per heavy atom. The van der Waals surface area contributed by atoms with Crippen LogP contribution in [0.5, 0.6) is 0 Å². The molecule has 0 bridgehead atoms. The van der Waals surface area contributed by atoms with E-state index >= 15 is 0 Å². The highest BCUT2D eigenvalue weighted by Gasteiger charge is 2.10. The molecule has 1 aromatic rings. The second-order valence-corrected chi connectivity index (χ2v) is 3.47. The van der Waals surface area contributed by atoms with Crippen molar-refractivity contribution in [3.63, 3.8) is 0 Å². The van der Waals surface area contributed by atoms with E-state index in [2.05, 4.69) is 24.0 Å². The number of hydrogen-bond donors (Lipinski definition) is 1. The van der Waals surface area contributed by atoms with E-state index in [-0.39, 0.29) is 6.10 Å². The molecule has 0 aromatic heterocycles. The van der Waals surface area contributed by atoms with Gasteiger partial charge in [-0.05, 0) is 19.1 Å². The maximum atomic E-state index is 5.61. The largest absolute Gasteiger partial charge is 0.378 e. The zero-order valence-electron chi connectivity index (χ0n) is 9.52. The monoisotopic (exact) mass is 208 g/mol. The molecule has 3 nitrogen and oxygen atoms in total. The van der Waals surface area contributed by atoms with E-state index in [9.17, 15) is 0 Å². The van der Waals surface area contributed by atoms with Gasteiger partial charge in [0, 0.05) is 32.4 Å². The average Bonchev–Trinajstić information content (AvgIpc) is 2.32. The lowest BCUT2D eigenvalue weighted by Crippen LogP contribution is -2.37. The van der Waals surface area contributed by atoms with Crippen LogP contribution in [0.1, 0.15) is 6.92 Å². The first-order chi connectivity index (χ1) is 7.31. The Hall–Kier alpha value is -1.06. The fourth-order valence-electron chi connectivity index (χ4n) is 1.55. The molecular formula is C12H20N2O. The molecule has 0 aliphatic carbocycles. The van der Waals surface area contributed by atoms with Crippen molar-refractivity contribution in [2.75, 3.05) is 31.6 Å². The summed E-state index contributed by atoms with van der Waals surface area (Å²) in [6.07, 6.45) is 0.102. The lowest BCUT2D eigenvalue weighted by atomic mass is 10.2. The molecule has 0 aliphatic heterocycles. The third kappa shape index (κ3) is 3.53. The fraction of sp³-hybridized carbons (Fsp3) is 0.500. The van der Waals surface area contributed by atoms with Crippen LogP contribution >= 0.6 is 0 Å². The predicted octanol–water partition coefficient (Wildman–Crippen LogP) is 1.49. The maximum absolute atomic E-state index is 5.61.